The Hall–Kier alpha value is -1.22. The number of ether oxygens (including phenoxy) is 4. The SMILES string of the molecule is OCC(F)(F)OC(F)(F)C(F)(F)OCC(F)(F)OC(F)(F)C(F)(F)OC(F)(F)CO. The predicted octanol–water partition coefficient (Wildman–Crippen LogP) is 3.19. The average molecular weight is 490 g/mol. The summed E-state index contributed by atoms with van der Waals surface area (Å²) in [4.78, 5) is 0. The molecule has 2 N–H and O–H groups in total. The minimum absolute atomic E-state index is 2.02. The van der Waals surface area contributed by atoms with Gasteiger partial charge in [-0.2, -0.15) is 61.5 Å². The fraction of sp³-hybridized carbons (Fsp3) is 1.00. The van der Waals surface area contributed by atoms with Gasteiger partial charge in [-0.25, -0.2) is 14.2 Å². The Bertz CT molecular complexity index is 567. The van der Waals surface area contributed by atoms with Crippen molar-refractivity contribution in [2.24, 2.45) is 0 Å². The Morgan fingerprint density at radius 3 is 1.00 bits per heavy atom. The second-order valence-corrected chi connectivity index (χ2v) is 4.89. The van der Waals surface area contributed by atoms with Gasteiger partial charge in [-0.05, 0) is 0 Å². The Kier molecular flexibility index (Phi) is 8.37. The van der Waals surface area contributed by atoms with E-state index < -0.39 is 62.6 Å². The lowest BCUT2D eigenvalue weighted by atomic mass is 10.5. The van der Waals surface area contributed by atoms with Crippen LogP contribution in [0, 0.1) is 0 Å². The van der Waals surface area contributed by atoms with E-state index >= 15 is 0 Å². The van der Waals surface area contributed by atoms with Gasteiger partial charge in [0.25, 0.3) is 0 Å². The molecule has 0 amide bonds. The highest BCUT2D eigenvalue weighted by Crippen LogP contribution is 2.45. The highest BCUT2D eigenvalue weighted by Gasteiger charge is 2.69. The predicted molar refractivity (Wildman–Crippen MR) is 58.0 cm³/mol. The molecule has 0 fully saturated rings. The fourth-order valence-electron chi connectivity index (χ4n) is 1.09. The standard InChI is InChI=1S/C10H8F14O6/c11-4(12,1-25)28-8(19,20)7(17,18)27-3-6(15,16)30-10(23,24)9(21,22)29-5(13,14)2-26/h25-26H,1-3H2. The second-order valence-electron chi connectivity index (χ2n) is 4.89. The molecule has 0 aromatic rings. The van der Waals surface area contributed by atoms with Crippen LogP contribution in [-0.4, -0.2) is 72.8 Å². The molecule has 0 aliphatic heterocycles. The number of aliphatic hydroxyl groups excluding tert-OH is 2. The molecule has 0 saturated carbocycles. The van der Waals surface area contributed by atoms with E-state index in [0.29, 0.717) is 0 Å². The lowest BCUT2D eigenvalue weighted by Crippen LogP contribution is -2.54. The Balaban J connectivity index is 5.31. The van der Waals surface area contributed by atoms with Crippen molar-refractivity contribution in [3.8, 4) is 0 Å². The van der Waals surface area contributed by atoms with Crippen LogP contribution in [-0.2, 0) is 18.9 Å². The van der Waals surface area contributed by atoms with Crippen LogP contribution in [0.2, 0.25) is 0 Å². The first kappa shape index (κ1) is 28.8. The van der Waals surface area contributed by atoms with Gasteiger partial charge < -0.3 is 14.9 Å². The van der Waals surface area contributed by atoms with Crippen LogP contribution in [0.4, 0.5) is 61.5 Å². The summed E-state index contributed by atoms with van der Waals surface area (Å²) in [7, 11) is 0. The molecule has 0 bridgehead atoms. The molecule has 0 saturated heterocycles. The molecular formula is C10H8F14O6. The van der Waals surface area contributed by atoms with Crippen LogP contribution in [0.5, 0.6) is 0 Å². The highest BCUT2D eigenvalue weighted by molar-refractivity contribution is 4.74. The van der Waals surface area contributed by atoms with Crippen LogP contribution in [0.3, 0.4) is 0 Å². The van der Waals surface area contributed by atoms with Crippen molar-refractivity contribution in [1.82, 2.24) is 0 Å². The van der Waals surface area contributed by atoms with Gasteiger partial charge in [0, 0.05) is 0 Å². The molecule has 20 heteroatoms. The first-order valence-electron chi connectivity index (χ1n) is 6.56. The highest BCUT2D eigenvalue weighted by atomic mass is 19.4. The lowest BCUT2D eigenvalue weighted by molar-refractivity contribution is -0.525. The number of hydrogen-bond acceptors (Lipinski definition) is 6. The summed E-state index contributed by atoms with van der Waals surface area (Å²) in [5, 5.41) is 15.8. The van der Waals surface area contributed by atoms with Gasteiger partial charge in [-0.3, -0.25) is 0 Å². The van der Waals surface area contributed by atoms with E-state index in [-0.39, 0.29) is 0 Å². The van der Waals surface area contributed by atoms with E-state index in [1.165, 1.54) is 0 Å². The van der Waals surface area contributed by atoms with Gasteiger partial charge in [0.05, 0.1) is 0 Å². The van der Waals surface area contributed by atoms with E-state index in [0.717, 1.165) is 0 Å². The number of halogens is 14. The van der Waals surface area contributed by atoms with Gasteiger partial charge in [0.15, 0.2) is 0 Å². The third kappa shape index (κ3) is 7.80. The minimum Gasteiger partial charge on any atom is -0.387 e. The van der Waals surface area contributed by atoms with E-state index in [1.807, 2.05) is 4.74 Å². The Morgan fingerprint density at radius 1 is 0.433 bits per heavy atom. The second kappa shape index (κ2) is 8.73. The Morgan fingerprint density at radius 2 is 0.700 bits per heavy atom. The van der Waals surface area contributed by atoms with Crippen molar-refractivity contribution >= 4 is 0 Å². The number of rotatable bonds is 13. The van der Waals surface area contributed by atoms with Crippen molar-refractivity contribution in [1.29, 1.82) is 0 Å². The molecule has 0 spiro atoms. The monoisotopic (exact) mass is 490 g/mol. The van der Waals surface area contributed by atoms with E-state index in [4.69, 9.17) is 10.2 Å². The van der Waals surface area contributed by atoms with Crippen molar-refractivity contribution in [2.75, 3.05) is 19.8 Å². The maximum atomic E-state index is 13.0. The van der Waals surface area contributed by atoms with Crippen LogP contribution in [0.1, 0.15) is 0 Å². The van der Waals surface area contributed by atoms with Gasteiger partial charge >= 0.3 is 42.8 Å². The number of aliphatic hydroxyl groups is 2. The molecule has 0 atom stereocenters. The molecule has 182 valence electrons. The van der Waals surface area contributed by atoms with Crippen molar-refractivity contribution in [3.63, 3.8) is 0 Å². The van der Waals surface area contributed by atoms with E-state index in [2.05, 4.69) is 14.2 Å². The third-order valence-electron chi connectivity index (χ3n) is 2.30. The summed E-state index contributed by atoms with van der Waals surface area (Å²) >= 11 is 0. The topological polar surface area (TPSA) is 77.4 Å². The largest absolute Gasteiger partial charge is 0.453 e. The van der Waals surface area contributed by atoms with Crippen molar-refractivity contribution in [2.45, 2.75) is 42.8 Å². The molecule has 0 unspecified atom stereocenters. The van der Waals surface area contributed by atoms with Crippen molar-refractivity contribution < 1.29 is 90.6 Å². The first-order chi connectivity index (χ1) is 12.9. The summed E-state index contributed by atoms with van der Waals surface area (Å²) in [6, 6.07) is 0. The van der Waals surface area contributed by atoms with E-state index in [1.54, 1.807) is 0 Å². The molecule has 0 rings (SSSR count). The molecule has 0 radical (unpaired) electrons. The maximum absolute atomic E-state index is 13.0. The smallest absolute Gasteiger partial charge is 0.387 e. The van der Waals surface area contributed by atoms with Crippen molar-refractivity contribution in [3.05, 3.63) is 0 Å². The fourth-order valence-corrected chi connectivity index (χ4v) is 1.09. The van der Waals surface area contributed by atoms with Gasteiger partial charge in [-0.15, -0.1) is 0 Å². The summed E-state index contributed by atoms with van der Waals surface area (Å²) < 4.78 is 187. The molecular weight excluding hydrogens is 482 g/mol. The molecule has 0 aliphatic carbocycles. The zero-order valence-electron chi connectivity index (χ0n) is 13.4. The lowest BCUT2D eigenvalue weighted by Gasteiger charge is -2.32. The maximum Gasteiger partial charge on any atom is 0.453 e. The van der Waals surface area contributed by atoms with Crippen LogP contribution < -0.4 is 0 Å². The zero-order chi connectivity index (χ0) is 24.4. The van der Waals surface area contributed by atoms with Crippen LogP contribution in [0.25, 0.3) is 0 Å². The van der Waals surface area contributed by atoms with E-state index in [9.17, 15) is 61.5 Å². The van der Waals surface area contributed by atoms with Gasteiger partial charge in [0.1, 0.15) is 19.8 Å². The normalized spacial score (nSPS) is 15.6. The average Bonchev–Trinajstić information content (AvgIpc) is 2.50. The number of hydrogen-bond donors (Lipinski definition) is 2. The quantitative estimate of drug-likeness (QED) is 0.387. The Labute approximate surface area is 154 Å². The summed E-state index contributed by atoms with van der Waals surface area (Å²) in [6.07, 6.45) is -43.3. The summed E-state index contributed by atoms with van der Waals surface area (Å²) in [5.74, 6) is 0. The molecule has 0 heterocycles. The minimum atomic E-state index is -6.77. The zero-order valence-corrected chi connectivity index (χ0v) is 13.4. The molecule has 0 aromatic carbocycles. The molecule has 30 heavy (non-hydrogen) atoms. The first-order valence-corrected chi connectivity index (χ1v) is 6.56. The van der Waals surface area contributed by atoms with Gasteiger partial charge in [-0.1, -0.05) is 0 Å². The summed E-state index contributed by atoms with van der Waals surface area (Å²) in [6.45, 7) is -8.73. The third-order valence-corrected chi connectivity index (χ3v) is 2.30. The van der Waals surface area contributed by atoms with Crippen LogP contribution in [0.15, 0.2) is 0 Å². The summed E-state index contributed by atoms with van der Waals surface area (Å²) in [5.41, 5.74) is 0. The molecule has 0 aliphatic rings. The number of alkyl halides is 14. The molecule has 0 aromatic heterocycles. The molecule has 6 nitrogen and oxygen atoms in total. The van der Waals surface area contributed by atoms with Crippen LogP contribution >= 0.6 is 0 Å². The van der Waals surface area contributed by atoms with Gasteiger partial charge in [0.2, 0.25) is 0 Å².